The Morgan fingerprint density at radius 1 is 1.32 bits per heavy atom. The van der Waals surface area contributed by atoms with Crippen molar-refractivity contribution in [3.63, 3.8) is 0 Å². The number of hydrogen-bond donors (Lipinski definition) is 2. The number of esters is 1. The first kappa shape index (κ1) is 16.8. The fraction of sp³-hybridized carbons (Fsp3) is 0.222. The second kappa shape index (κ2) is 6.82. The molecule has 0 bridgehead atoms. The van der Waals surface area contributed by atoms with Gasteiger partial charge in [-0.1, -0.05) is 30.3 Å². The lowest BCUT2D eigenvalue weighted by Crippen LogP contribution is -2.30. The second-order valence-corrected chi connectivity index (χ2v) is 5.37. The minimum Gasteiger partial charge on any atom is -0.462 e. The molecule has 0 saturated carbocycles. The number of nitrogens with two attached hydrogens (primary N) is 1. The molecule has 0 unspecified atom stereocenters. The van der Waals surface area contributed by atoms with Crippen LogP contribution >= 0.6 is 0 Å². The number of aliphatic hydroxyl groups is 1. The quantitative estimate of drug-likeness (QED) is 0.807. The van der Waals surface area contributed by atoms with Crippen LogP contribution in [0.3, 0.4) is 0 Å². The number of carbonyl (C=O) groups is 1. The van der Waals surface area contributed by atoms with Crippen molar-refractivity contribution in [2.45, 2.75) is 19.4 Å². The van der Waals surface area contributed by atoms with Crippen molar-refractivity contribution in [1.82, 2.24) is 0 Å². The maximum Gasteiger partial charge on any atom is 0.340 e. The van der Waals surface area contributed by atoms with Crippen LogP contribution in [0.5, 0.6) is 5.75 Å². The van der Waals surface area contributed by atoms with E-state index < -0.39 is 23.9 Å². The number of benzene rings is 1. The number of rotatable bonds is 4. The van der Waals surface area contributed by atoms with Crippen LogP contribution in [-0.2, 0) is 16.1 Å². The highest BCUT2D eigenvalue weighted by Crippen LogP contribution is 2.41. The van der Waals surface area contributed by atoms with Crippen molar-refractivity contribution >= 4 is 5.97 Å². The van der Waals surface area contributed by atoms with Crippen molar-refractivity contribution in [1.29, 1.82) is 0 Å². The first-order valence-corrected chi connectivity index (χ1v) is 7.74. The van der Waals surface area contributed by atoms with Crippen molar-refractivity contribution in [3.05, 3.63) is 75.2 Å². The lowest BCUT2D eigenvalue weighted by atomic mass is 9.87. The highest BCUT2D eigenvalue weighted by Gasteiger charge is 2.39. The molecule has 3 rings (SSSR count). The summed E-state index contributed by atoms with van der Waals surface area (Å²) in [6.07, 6.45) is 0. The zero-order valence-electron chi connectivity index (χ0n) is 13.5. The van der Waals surface area contributed by atoms with Gasteiger partial charge in [-0.05, 0) is 12.5 Å². The Bertz CT molecular complexity index is 884. The van der Waals surface area contributed by atoms with Crippen molar-refractivity contribution < 1.29 is 23.8 Å². The van der Waals surface area contributed by atoms with Crippen molar-refractivity contribution in [2.24, 2.45) is 5.73 Å². The average Bonchev–Trinajstić information content (AvgIpc) is 2.62. The normalized spacial score (nSPS) is 16.2. The molecule has 1 aromatic heterocycles. The van der Waals surface area contributed by atoms with Crippen LogP contribution in [0.15, 0.2) is 57.1 Å². The number of carbonyl (C=O) groups excluding carboxylic acids is 1. The summed E-state index contributed by atoms with van der Waals surface area (Å²) in [5, 5.41) is 9.33. The van der Waals surface area contributed by atoms with E-state index in [0.717, 1.165) is 6.07 Å². The molecule has 1 atom stereocenters. The van der Waals surface area contributed by atoms with Gasteiger partial charge in [0.2, 0.25) is 17.1 Å². The molecule has 0 radical (unpaired) electrons. The van der Waals surface area contributed by atoms with E-state index in [1.165, 1.54) is 0 Å². The molecule has 0 fully saturated rings. The van der Waals surface area contributed by atoms with Crippen LogP contribution in [0.2, 0.25) is 0 Å². The molecule has 1 aromatic carbocycles. The van der Waals surface area contributed by atoms with Crippen LogP contribution in [0.1, 0.15) is 29.9 Å². The van der Waals surface area contributed by atoms with E-state index in [2.05, 4.69) is 0 Å². The first-order valence-electron chi connectivity index (χ1n) is 7.74. The van der Waals surface area contributed by atoms with Crippen LogP contribution < -0.4 is 15.9 Å². The van der Waals surface area contributed by atoms with E-state index in [9.17, 15) is 14.7 Å². The fourth-order valence-electron chi connectivity index (χ4n) is 2.75. The highest BCUT2D eigenvalue weighted by atomic mass is 16.5. The summed E-state index contributed by atoms with van der Waals surface area (Å²) in [5.41, 5.74) is 6.16. The Balaban J connectivity index is 2.26. The van der Waals surface area contributed by atoms with Gasteiger partial charge in [0.15, 0.2) is 5.76 Å². The van der Waals surface area contributed by atoms with Gasteiger partial charge in [-0.25, -0.2) is 4.79 Å². The molecule has 7 heteroatoms. The Morgan fingerprint density at radius 3 is 2.68 bits per heavy atom. The van der Waals surface area contributed by atoms with Crippen LogP contribution in [0.25, 0.3) is 0 Å². The van der Waals surface area contributed by atoms with Gasteiger partial charge in [0.1, 0.15) is 17.9 Å². The predicted molar refractivity (Wildman–Crippen MR) is 87.7 cm³/mol. The molecule has 2 aromatic rings. The third-order valence-corrected chi connectivity index (χ3v) is 3.79. The third-order valence-electron chi connectivity index (χ3n) is 3.79. The van der Waals surface area contributed by atoms with Crippen molar-refractivity contribution in [2.75, 3.05) is 6.61 Å². The number of fused-ring (bicyclic) bond motifs is 1. The van der Waals surface area contributed by atoms with Gasteiger partial charge >= 0.3 is 5.97 Å². The summed E-state index contributed by atoms with van der Waals surface area (Å²) in [4.78, 5) is 24.7. The van der Waals surface area contributed by atoms with Gasteiger partial charge in [0.05, 0.1) is 12.5 Å². The number of hydrogen-bond acceptors (Lipinski definition) is 7. The minimum atomic E-state index is -0.775. The van der Waals surface area contributed by atoms with Crippen LogP contribution in [0, 0.1) is 0 Å². The van der Waals surface area contributed by atoms with E-state index in [4.69, 9.17) is 19.6 Å². The molecule has 130 valence electrons. The minimum absolute atomic E-state index is 0.0544. The second-order valence-electron chi connectivity index (χ2n) is 5.37. The molecule has 25 heavy (non-hydrogen) atoms. The third kappa shape index (κ3) is 3.01. The number of ether oxygens (including phenoxy) is 2. The zero-order chi connectivity index (χ0) is 18.0. The molecular formula is C18H17NO6. The van der Waals surface area contributed by atoms with Gasteiger partial charge in [-0.2, -0.15) is 0 Å². The molecule has 0 amide bonds. The summed E-state index contributed by atoms with van der Waals surface area (Å²) >= 11 is 0. The smallest absolute Gasteiger partial charge is 0.340 e. The Kier molecular flexibility index (Phi) is 4.58. The van der Waals surface area contributed by atoms with Gasteiger partial charge in [-0.3, -0.25) is 4.79 Å². The van der Waals surface area contributed by atoms with Gasteiger partial charge in [0.25, 0.3) is 0 Å². The molecule has 1 aliphatic heterocycles. The Morgan fingerprint density at radius 2 is 2.04 bits per heavy atom. The van der Waals surface area contributed by atoms with Gasteiger partial charge in [-0.15, -0.1) is 0 Å². The molecule has 0 aliphatic carbocycles. The van der Waals surface area contributed by atoms with Crippen LogP contribution in [0.4, 0.5) is 0 Å². The summed E-state index contributed by atoms with van der Waals surface area (Å²) < 4.78 is 16.1. The molecule has 0 spiro atoms. The topological polar surface area (TPSA) is 112 Å². The molecular weight excluding hydrogens is 326 g/mol. The summed E-state index contributed by atoms with van der Waals surface area (Å²) in [6, 6.07) is 10.1. The van der Waals surface area contributed by atoms with E-state index in [0.29, 0.717) is 5.56 Å². The molecule has 3 N–H and O–H groups in total. The lowest BCUT2D eigenvalue weighted by Gasteiger charge is -2.26. The predicted octanol–water partition coefficient (Wildman–Crippen LogP) is 1.39. The summed E-state index contributed by atoms with van der Waals surface area (Å²) in [5.74, 6) is -1.56. The highest BCUT2D eigenvalue weighted by molar-refractivity contribution is 5.92. The molecule has 7 nitrogen and oxygen atoms in total. The van der Waals surface area contributed by atoms with E-state index in [1.807, 2.05) is 6.07 Å². The largest absolute Gasteiger partial charge is 0.462 e. The molecule has 2 heterocycles. The van der Waals surface area contributed by atoms with Crippen molar-refractivity contribution in [3.8, 4) is 5.75 Å². The van der Waals surface area contributed by atoms with Crippen LogP contribution in [-0.4, -0.2) is 17.7 Å². The first-order chi connectivity index (χ1) is 12.1. The fourth-order valence-corrected chi connectivity index (χ4v) is 2.75. The zero-order valence-corrected chi connectivity index (χ0v) is 13.5. The SMILES string of the molecule is CCOC(=O)C1=C(N)Oc2c(oc(CO)cc2=O)[C@@H]1c1ccccc1. The van der Waals surface area contributed by atoms with Gasteiger partial charge in [0, 0.05) is 6.07 Å². The molecule has 1 aliphatic rings. The monoisotopic (exact) mass is 343 g/mol. The standard InChI is InChI=1S/C18H17NO6/c1-2-23-18(22)14-13(10-6-4-3-5-7-10)16-15(25-17(14)19)12(21)8-11(9-20)24-16/h3-8,13,20H,2,9,19H2,1H3/t13-/m1/s1. The molecule has 0 saturated heterocycles. The maximum absolute atomic E-state index is 12.4. The maximum atomic E-state index is 12.4. The van der Waals surface area contributed by atoms with E-state index in [1.54, 1.807) is 31.2 Å². The Hall–Kier alpha value is -3.06. The lowest BCUT2D eigenvalue weighted by molar-refractivity contribution is -0.139. The average molecular weight is 343 g/mol. The van der Waals surface area contributed by atoms with Gasteiger partial charge < -0.3 is 24.7 Å². The van der Waals surface area contributed by atoms with E-state index >= 15 is 0 Å². The summed E-state index contributed by atoms with van der Waals surface area (Å²) in [6.45, 7) is 1.37. The van der Waals surface area contributed by atoms with E-state index in [-0.39, 0.29) is 35.3 Å². The number of aliphatic hydroxyl groups excluding tert-OH is 1. The summed E-state index contributed by atoms with van der Waals surface area (Å²) in [7, 11) is 0. The Labute approximate surface area is 143 Å².